The molecule has 1 aliphatic carbocycles. The number of hydrogen-bond donors (Lipinski definition) is 0. The quantitative estimate of drug-likeness (QED) is 0.393. The molecule has 0 bridgehead atoms. The molecule has 80 valence electrons. The van der Waals surface area contributed by atoms with Gasteiger partial charge < -0.3 is 24.8 Å². The van der Waals surface area contributed by atoms with E-state index in [0.717, 1.165) is 6.42 Å². The molecule has 16 heavy (non-hydrogen) atoms. The SMILES string of the molecule is [Cl-].[Cl-].[Ti+2].c1ccc2c(c1)Cc1ccccc1-2. The molecule has 0 saturated carbocycles. The molecule has 2 aromatic rings. The average Bonchev–Trinajstić information content (AvgIpc) is 2.56. The third kappa shape index (κ3) is 2.52. The van der Waals surface area contributed by atoms with E-state index in [0.29, 0.717) is 0 Å². The van der Waals surface area contributed by atoms with Crippen LogP contribution in [0.4, 0.5) is 0 Å². The summed E-state index contributed by atoms with van der Waals surface area (Å²) in [5.74, 6) is 0. The predicted molar refractivity (Wildman–Crippen MR) is 54.7 cm³/mol. The van der Waals surface area contributed by atoms with Gasteiger partial charge in [-0.1, -0.05) is 48.5 Å². The second-order valence-corrected chi connectivity index (χ2v) is 3.49. The van der Waals surface area contributed by atoms with Gasteiger partial charge in [-0.2, -0.15) is 0 Å². The number of rotatable bonds is 0. The summed E-state index contributed by atoms with van der Waals surface area (Å²) in [6.07, 6.45) is 1.10. The molecule has 2 aromatic carbocycles. The molecule has 0 radical (unpaired) electrons. The van der Waals surface area contributed by atoms with Crippen LogP contribution in [-0.4, -0.2) is 0 Å². The summed E-state index contributed by atoms with van der Waals surface area (Å²) in [4.78, 5) is 0. The minimum atomic E-state index is 0. The maximum absolute atomic E-state index is 2.22. The monoisotopic (exact) mass is 284 g/mol. The third-order valence-corrected chi connectivity index (χ3v) is 2.71. The molecule has 0 aliphatic heterocycles. The topological polar surface area (TPSA) is 0 Å². The Kier molecular flexibility index (Phi) is 6.36. The molecule has 3 heteroatoms. The molecule has 0 atom stereocenters. The summed E-state index contributed by atoms with van der Waals surface area (Å²) in [6.45, 7) is 0. The number of hydrogen-bond acceptors (Lipinski definition) is 0. The fourth-order valence-electron chi connectivity index (χ4n) is 2.08. The van der Waals surface area contributed by atoms with E-state index in [1.54, 1.807) is 0 Å². The second-order valence-electron chi connectivity index (χ2n) is 3.49. The first-order valence-electron chi connectivity index (χ1n) is 4.61. The van der Waals surface area contributed by atoms with Crippen molar-refractivity contribution in [3.8, 4) is 11.1 Å². The van der Waals surface area contributed by atoms with Gasteiger partial charge in [0.15, 0.2) is 0 Å². The van der Waals surface area contributed by atoms with Crippen LogP contribution in [0.15, 0.2) is 48.5 Å². The van der Waals surface area contributed by atoms with E-state index >= 15 is 0 Å². The van der Waals surface area contributed by atoms with Gasteiger partial charge in [-0.05, 0) is 28.7 Å². The van der Waals surface area contributed by atoms with Crippen LogP contribution in [-0.2, 0) is 28.1 Å². The Morgan fingerprint density at radius 1 is 0.625 bits per heavy atom. The van der Waals surface area contributed by atoms with E-state index in [9.17, 15) is 0 Å². The van der Waals surface area contributed by atoms with Gasteiger partial charge in [-0.15, -0.1) is 0 Å². The van der Waals surface area contributed by atoms with Crippen molar-refractivity contribution in [1.82, 2.24) is 0 Å². The Morgan fingerprint density at radius 3 is 1.44 bits per heavy atom. The van der Waals surface area contributed by atoms with Crippen LogP contribution in [0.2, 0.25) is 0 Å². The summed E-state index contributed by atoms with van der Waals surface area (Å²) in [7, 11) is 0. The van der Waals surface area contributed by atoms with Crippen LogP contribution in [0.3, 0.4) is 0 Å². The summed E-state index contributed by atoms with van der Waals surface area (Å²) in [6, 6.07) is 17.3. The van der Waals surface area contributed by atoms with Crippen LogP contribution < -0.4 is 24.8 Å². The minimum absolute atomic E-state index is 0. The van der Waals surface area contributed by atoms with Crippen molar-refractivity contribution in [2.75, 3.05) is 0 Å². The predicted octanol–water partition coefficient (Wildman–Crippen LogP) is -2.74. The maximum Gasteiger partial charge on any atom is 2.00 e. The van der Waals surface area contributed by atoms with Crippen molar-refractivity contribution in [2.24, 2.45) is 0 Å². The largest absolute Gasteiger partial charge is 2.00 e. The Bertz CT molecular complexity index is 425. The zero-order valence-corrected chi connectivity index (χ0v) is 11.7. The first-order chi connectivity index (χ1) is 6.45. The van der Waals surface area contributed by atoms with E-state index < -0.39 is 0 Å². The molecule has 0 N–H and O–H groups in total. The number of benzene rings is 2. The second kappa shape index (κ2) is 6.46. The van der Waals surface area contributed by atoms with Crippen LogP contribution in [0.25, 0.3) is 11.1 Å². The van der Waals surface area contributed by atoms with Crippen molar-refractivity contribution in [1.29, 1.82) is 0 Å². The van der Waals surface area contributed by atoms with Gasteiger partial charge in [0, 0.05) is 0 Å². The third-order valence-electron chi connectivity index (χ3n) is 2.71. The molecule has 0 heterocycles. The fourth-order valence-corrected chi connectivity index (χ4v) is 2.08. The Hall–Kier alpha value is -0.266. The normalized spacial score (nSPS) is 10.0. The van der Waals surface area contributed by atoms with Gasteiger partial charge in [-0.3, -0.25) is 0 Å². The molecule has 0 saturated heterocycles. The van der Waals surface area contributed by atoms with E-state index in [1.165, 1.54) is 22.3 Å². The molecule has 0 nitrogen and oxygen atoms in total. The molecule has 1 aliphatic rings. The first kappa shape index (κ1) is 15.7. The summed E-state index contributed by atoms with van der Waals surface area (Å²) in [5, 5.41) is 0. The molecular formula is C13H10Cl2Ti. The van der Waals surface area contributed by atoms with Crippen LogP contribution in [0, 0.1) is 0 Å². The van der Waals surface area contributed by atoms with Gasteiger partial charge in [-0.25, -0.2) is 0 Å². The van der Waals surface area contributed by atoms with E-state index in [1.807, 2.05) is 0 Å². The van der Waals surface area contributed by atoms with Gasteiger partial charge in [0.1, 0.15) is 0 Å². The van der Waals surface area contributed by atoms with Crippen molar-refractivity contribution in [2.45, 2.75) is 6.42 Å². The van der Waals surface area contributed by atoms with E-state index in [4.69, 9.17) is 0 Å². The molecule has 0 fully saturated rings. The fraction of sp³-hybridized carbons (Fsp3) is 0.0769. The van der Waals surface area contributed by atoms with Gasteiger partial charge in [0.05, 0.1) is 0 Å². The zero-order chi connectivity index (χ0) is 8.67. The zero-order valence-electron chi connectivity index (χ0n) is 8.58. The van der Waals surface area contributed by atoms with Crippen molar-refractivity contribution < 1.29 is 46.5 Å². The van der Waals surface area contributed by atoms with Gasteiger partial charge >= 0.3 is 21.7 Å². The standard InChI is InChI=1S/C13H10.2ClH.Ti/c1-3-7-12-10(5-1)9-11-6-2-4-8-13(11)12;;;/h1-8H,9H2;2*1H;/q;;;+2/p-2. The smallest absolute Gasteiger partial charge is 1.00 e. The summed E-state index contributed by atoms with van der Waals surface area (Å²) < 4.78 is 0. The minimum Gasteiger partial charge on any atom is -1.00 e. The Labute approximate surface area is 123 Å². The van der Waals surface area contributed by atoms with Crippen molar-refractivity contribution in [3.63, 3.8) is 0 Å². The number of halogens is 2. The van der Waals surface area contributed by atoms with Gasteiger partial charge in [0.25, 0.3) is 0 Å². The molecule has 0 amide bonds. The van der Waals surface area contributed by atoms with Crippen LogP contribution in [0.1, 0.15) is 11.1 Å². The first-order valence-corrected chi connectivity index (χ1v) is 4.61. The molecule has 0 spiro atoms. The number of fused-ring (bicyclic) bond motifs is 3. The van der Waals surface area contributed by atoms with E-state index in [2.05, 4.69) is 48.5 Å². The van der Waals surface area contributed by atoms with Crippen LogP contribution in [0.5, 0.6) is 0 Å². The Morgan fingerprint density at radius 2 is 1.00 bits per heavy atom. The maximum atomic E-state index is 2.22. The summed E-state index contributed by atoms with van der Waals surface area (Å²) >= 11 is 0. The average molecular weight is 285 g/mol. The summed E-state index contributed by atoms with van der Waals surface area (Å²) in [5.41, 5.74) is 5.75. The van der Waals surface area contributed by atoms with Crippen LogP contribution >= 0.6 is 0 Å². The van der Waals surface area contributed by atoms with Crippen molar-refractivity contribution in [3.05, 3.63) is 59.7 Å². The Balaban J connectivity index is 0.000000750. The molecule has 3 rings (SSSR count). The molecular weight excluding hydrogens is 275 g/mol. The molecule has 0 aromatic heterocycles. The molecule has 0 unspecified atom stereocenters. The van der Waals surface area contributed by atoms with Gasteiger partial charge in [0.2, 0.25) is 0 Å². The van der Waals surface area contributed by atoms with Crippen molar-refractivity contribution >= 4 is 0 Å². The van der Waals surface area contributed by atoms with E-state index in [-0.39, 0.29) is 46.5 Å².